The number of hydrogen-bond acceptors (Lipinski definition) is 5. The number of thiophene rings is 1. The fourth-order valence-corrected chi connectivity index (χ4v) is 5.75. The monoisotopic (exact) mass is 487 g/mol. The van der Waals surface area contributed by atoms with Crippen molar-refractivity contribution < 1.29 is 19.4 Å². The number of alkyl halides is 3. The van der Waals surface area contributed by atoms with Crippen molar-refractivity contribution >= 4 is 38.7 Å². The predicted molar refractivity (Wildman–Crippen MR) is 127 cm³/mol. The largest absolute Gasteiger partial charge is 0.416 e. The predicted octanol–water partition coefficient (Wildman–Crippen LogP) is 6.83. The van der Waals surface area contributed by atoms with Crippen molar-refractivity contribution in [3.8, 4) is 16.6 Å². The zero-order valence-corrected chi connectivity index (χ0v) is 19.1. The molecule has 0 saturated carbocycles. The summed E-state index contributed by atoms with van der Waals surface area (Å²) in [7, 11) is 0. The number of aryl methyl sites for hydroxylation is 1. The minimum absolute atomic E-state index is 0. The molecule has 33 heavy (non-hydrogen) atoms. The first-order valence-corrected chi connectivity index (χ1v) is 11.7. The maximum Gasteiger partial charge on any atom is 0.416 e. The number of nitrogens with one attached hydrogen (secondary N) is 1. The number of halogens is 3. The average Bonchev–Trinajstić information content (AvgIpc) is 3.36. The van der Waals surface area contributed by atoms with Crippen molar-refractivity contribution in [3.05, 3.63) is 75.1 Å². The quantitative estimate of drug-likeness (QED) is 0.303. The number of carbonyl (C=O) groups excluding carboxylic acids is 1. The average molecular weight is 488 g/mol. The molecule has 0 saturated heterocycles. The Labute approximate surface area is 197 Å². The minimum atomic E-state index is -4.37. The van der Waals surface area contributed by atoms with E-state index in [4.69, 9.17) is 5.26 Å². The van der Waals surface area contributed by atoms with Gasteiger partial charge in [0, 0.05) is 29.5 Å². The van der Waals surface area contributed by atoms with Crippen LogP contribution in [-0.2, 0) is 12.6 Å². The fraction of sp³-hybridized carbons (Fsp3) is 0.208. The highest BCUT2D eigenvalue weighted by Gasteiger charge is 2.30. The number of nitrogens with zero attached hydrogens (tertiary/aromatic N) is 2. The van der Waals surface area contributed by atoms with Crippen LogP contribution in [0.15, 0.2) is 48.5 Å². The molecule has 4 nitrogen and oxygen atoms in total. The smallest absolute Gasteiger partial charge is 0.350 e. The van der Waals surface area contributed by atoms with Crippen molar-refractivity contribution in [1.82, 2.24) is 10.3 Å². The zero-order valence-electron chi connectivity index (χ0n) is 17.5. The molecule has 2 aromatic carbocycles. The molecule has 0 atom stereocenters. The van der Waals surface area contributed by atoms with Gasteiger partial charge in [0.05, 0.1) is 23.7 Å². The summed E-state index contributed by atoms with van der Waals surface area (Å²) in [6.45, 7) is 2.05. The molecule has 9 heteroatoms. The molecule has 1 N–H and O–H groups in total. The fourth-order valence-electron chi connectivity index (χ4n) is 3.47. The molecule has 0 aliphatic carbocycles. The molecule has 0 fully saturated rings. The van der Waals surface area contributed by atoms with E-state index < -0.39 is 11.7 Å². The van der Waals surface area contributed by atoms with Gasteiger partial charge in [0.25, 0.3) is 5.91 Å². The van der Waals surface area contributed by atoms with E-state index in [1.54, 1.807) is 13.0 Å². The number of thiazole rings is 1. The van der Waals surface area contributed by atoms with Crippen molar-refractivity contribution in [1.29, 1.82) is 5.26 Å². The summed E-state index contributed by atoms with van der Waals surface area (Å²) >= 11 is 2.80. The van der Waals surface area contributed by atoms with Gasteiger partial charge in [-0.25, -0.2) is 4.98 Å². The second-order valence-corrected chi connectivity index (χ2v) is 9.54. The molecule has 2 aromatic heterocycles. The van der Waals surface area contributed by atoms with Crippen LogP contribution in [0.25, 0.3) is 20.7 Å². The Balaban J connectivity index is 0.00000324. The number of hydrogen-bond donors (Lipinski definition) is 1. The molecule has 0 aliphatic rings. The van der Waals surface area contributed by atoms with Crippen LogP contribution in [0.4, 0.5) is 13.2 Å². The Morgan fingerprint density at radius 1 is 1.18 bits per heavy atom. The van der Waals surface area contributed by atoms with Crippen LogP contribution in [0.2, 0.25) is 0 Å². The van der Waals surface area contributed by atoms with Gasteiger partial charge < -0.3 is 5.32 Å². The summed E-state index contributed by atoms with van der Waals surface area (Å²) in [5.41, 5.74) is 1.44. The number of nitriles is 1. The summed E-state index contributed by atoms with van der Waals surface area (Å²) < 4.78 is 40.1. The highest BCUT2D eigenvalue weighted by atomic mass is 32.1. The molecule has 0 aliphatic heterocycles. The van der Waals surface area contributed by atoms with E-state index in [0.29, 0.717) is 27.6 Å². The summed E-state index contributed by atoms with van der Waals surface area (Å²) in [4.78, 5) is 18.5. The number of rotatable bonds is 6. The molecule has 0 spiro atoms. The zero-order chi connectivity index (χ0) is 23.6. The number of amides is 1. The number of fused-ring (bicyclic) bond motifs is 1. The molecule has 4 rings (SSSR count). The molecule has 2 heterocycles. The third-order valence-electron chi connectivity index (χ3n) is 4.98. The Bertz CT molecular complexity index is 1370. The first-order valence-electron chi connectivity index (χ1n) is 10.1. The molecule has 170 valence electrons. The van der Waals surface area contributed by atoms with Gasteiger partial charge in [-0.1, -0.05) is 36.4 Å². The van der Waals surface area contributed by atoms with Crippen LogP contribution < -0.4 is 5.32 Å². The van der Waals surface area contributed by atoms with Gasteiger partial charge in [0.1, 0.15) is 9.88 Å². The highest BCUT2D eigenvalue weighted by Crippen LogP contribution is 2.38. The van der Waals surface area contributed by atoms with Crippen LogP contribution in [-0.4, -0.2) is 17.4 Å². The summed E-state index contributed by atoms with van der Waals surface area (Å²) in [6, 6.07) is 15.2. The second kappa shape index (κ2) is 9.33. The summed E-state index contributed by atoms with van der Waals surface area (Å²) in [6.07, 6.45) is -3.74. The summed E-state index contributed by atoms with van der Waals surface area (Å²) in [5, 5.41) is 13.0. The van der Waals surface area contributed by atoms with Gasteiger partial charge in [-0.3, -0.25) is 4.79 Å². The third kappa shape index (κ3) is 5.07. The lowest BCUT2D eigenvalue weighted by Gasteiger charge is -2.08. The molecule has 4 aromatic rings. The van der Waals surface area contributed by atoms with Crippen LogP contribution in [0.1, 0.15) is 39.2 Å². The Kier molecular flexibility index (Phi) is 6.49. The van der Waals surface area contributed by atoms with Crippen LogP contribution in [0, 0.1) is 18.3 Å². The lowest BCUT2D eigenvalue weighted by atomic mass is 10.1. The van der Waals surface area contributed by atoms with E-state index in [1.165, 1.54) is 34.8 Å². The SMILES string of the molecule is Cc1nc(-c2cccc3cc(Cc4cccc(C(F)(F)F)c4)sc23)sc1C(=O)NCCC#N.[HH]. The Hall–Kier alpha value is -3.22. The third-order valence-corrected chi connectivity index (χ3v) is 7.36. The number of benzene rings is 2. The van der Waals surface area contributed by atoms with Crippen LogP contribution >= 0.6 is 22.7 Å². The topological polar surface area (TPSA) is 65.8 Å². The maximum atomic E-state index is 13.0. The van der Waals surface area contributed by atoms with E-state index in [2.05, 4.69) is 10.3 Å². The first kappa shape index (κ1) is 23.0. The van der Waals surface area contributed by atoms with Gasteiger partial charge in [-0.15, -0.1) is 22.7 Å². The maximum absolute atomic E-state index is 13.0. The Morgan fingerprint density at radius 2 is 1.97 bits per heavy atom. The van der Waals surface area contributed by atoms with E-state index in [9.17, 15) is 18.0 Å². The number of aromatic nitrogens is 1. The van der Waals surface area contributed by atoms with Gasteiger partial charge in [0.15, 0.2) is 0 Å². The van der Waals surface area contributed by atoms with Crippen molar-refractivity contribution in [2.75, 3.05) is 6.54 Å². The van der Waals surface area contributed by atoms with Gasteiger partial charge in [0.2, 0.25) is 0 Å². The van der Waals surface area contributed by atoms with E-state index >= 15 is 0 Å². The molecule has 0 unspecified atom stereocenters. The van der Waals surface area contributed by atoms with Crippen LogP contribution in [0.5, 0.6) is 0 Å². The van der Waals surface area contributed by atoms with E-state index in [1.807, 2.05) is 30.3 Å². The number of carbonyl (C=O) groups is 1. The van der Waals surface area contributed by atoms with Gasteiger partial charge in [-0.05, 0) is 30.0 Å². The standard InChI is InChI=1S/C24H18F3N3OS2.H2/c1-14-20(22(31)29-10-4-9-28)33-23(30-14)19-8-3-6-16-13-18(32-21(16)19)12-15-5-2-7-17(11-15)24(25,26)27;/h2-3,5-8,11,13H,4,10,12H2,1H3,(H,29,31);1H. The molecular weight excluding hydrogens is 467 g/mol. The molecular formula is C24H20F3N3OS2. The molecule has 1 amide bonds. The second-order valence-electron chi connectivity index (χ2n) is 7.41. The van der Waals surface area contributed by atoms with Crippen molar-refractivity contribution in [3.63, 3.8) is 0 Å². The van der Waals surface area contributed by atoms with Gasteiger partial charge >= 0.3 is 6.18 Å². The van der Waals surface area contributed by atoms with Gasteiger partial charge in [-0.2, -0.15) is 18.4 Å². The van der Waals surface area contributed by atoms with Crippen molar-refractivity contribution in [2.24, 2.45) is 0 Å². The Morgan fingerprint density at radius 3 is 2.73 bits per heavy atom. The lowest BCUT2D eigenvalue weighted by molar-refractivity contribution is -0.137. The van der Waals surface area contributed by atoms with E-state index in [-0.39, 0.29) is 20.3 Å². The first-order chi connectivity index (χ1) is 15.8. The lowest BCUT2D eigenvalue weighted by Crippen LogP contribution is -2.23. The molecule has 0 bridgehead atoms. The highest BCUT2D eigenvalue weighted by molar-refractivity contribution is 7.21. The molecule has 0 radical (unpaired) electrons. The summed E-state index contributed by atoms with van der Waals surface area (Å²) in [5.74, 6) is -0.255. The normalized spacial score (nSPS) is 11.5. The van der Waals surface area contributed by atoms with E-state index in [0.717, 1.165) is 26.6 Å². The van der Waals surface area contributed by atoms with Crippen LogP contribution in [0.3, 0.4) is 0 Å². The van der Waals surface area contributed by atoms with Crippen molar-refractivity contribution in [2.45, 2.75) is 25.9 Å². The minimum Gasteiger partial charge on any atom is -0.350 e.